The summed E-state index contributed by atoms with van der Waals surface area (Å²) < 4.78 is 1.78. The van der Waals surface area contributed by atoms with Crippen molar-refractivity contribution in [3.63, 3.8) is 0 Å². The van der Waals surface area contributed by atoms with Gasteiger partial charge in [0, 0.05) is 74.0 Å². The largest absolute Gasteiger partial charge is 0.396 e. The number of carbonyl (C=O) groups is 2. The molecule has 2 unspecified atom stereocenters. The summed E-state index contributed by atoms with van der Waals surface area (Å²) >= 11 is 0. The highest BCUT2D eigenvalue weighted by molar-refractivity contribution is 5.95. The Kier molecular flexibility index (Phi) is 8.22. The van der Waals surface area contributed by atoms with E-state index in [2.05, 4.69) is 41.3 Å². The minimum absolute atomic E-state index is 0.0255. The number of imidazole rings is 1. The van der Waals surface area contributed by atoms with Gasteiger partial charge in [-0.25, -0.2) is 4.98 Å². The number of aliphatic hydroxyl groups is 1. The van der Waals surface area contributed by atoms with Crippen LogP contribution in [0.25, 0.3) is 5.78 Å². The number of carbonyl (C=O) groups excluding carboxylic acids is 2. The van der Waals surface area contributed by atoms with Crippen LogP contribution in [-0.2, 0) is 5.41 Å². The van der Waals surface area contributed by atoms with E-state index in [1.54, 1.807) is 33.8 Å². The standard InChI is InChI=1S/C33H40N8O3/c1-33(2,3)25-10-6-23(7-11-25)28(43)35-27-5-4-16-40(20-27)31-37-30-34-15-18-41(30)32(38-31)36-26-12-8-24(9-13-26)29(44)39-17-14-22(19-39)21-42/h6-13,15,18,22,27,42H,4-5,14,16-17,19-21H2,1-3H3,(H,35,43)(H,34,36,37,38). The van der Waals surface area contributed by atoms with E-state index in [0.717, 1.165) is 31.5 Å². The number of amides is 2. The summed E-state index contributed by atoms with van der Waals surface area (Å²) in [6.45, 7) is 9.19. The number of likely N-dealkylation sites (tertiary alicyclic amines) is 1. The van der Waals surface area contributed by atoms with Crippen LogP contribution in [0.3, 0.4) is 0 Å². The molecule has 11 nitrogen and oxygen atoms in total. The van der Waals surface area contributed by atoms with Gasteiger partial charge in [-0.1, -0.05) is 32.9 Å². The number of aliphatic hydroxyl groups excluding tert-OH is 1. The Morgan fingerprint density at radius 1 is 0.955 bits per heavy atom. The second-order valence-electron chi connectivity index (χ2n) is 12.8. The average molecular weight is 597 g/mol. The van der Waals surface area contributed by atoms with Crippen LogP contribution in [0.1, 0.15) is 66.3 Å². The van der Waals surface area contributed by atoms with Crippen molar-refractivity contribution < 1.29 is 14.7 Å². The molecule has 0 saturated carbocycles. The molecule has 4 heterocycles. The Balaban J connectivity index is 1.14. The van der Waals surface area contributed by atoms with Crippen molar-refractivity contribution >= 4 is 35.2 Å². The first-order chi connectivity index (χ1) is 21.2. The molecule has 0 bridgehead atoms. The molecule has 2 amide bonds. The van der Waals surface area contributed by atoms with Crippen molar-refractivity contribution in [1.82, 2.24) is 29.6 Å². The maximum absolute atomic E-state index is 13.1. The lowest BCUT2D eigenvalue weighted by atomic mass is 9.86. The molecule has 230 valence electrons. The summed E-state index contributed by atoms with van der Waals surface area (Å²) in [5, 5.41) is 16.0. The van der Waals surface area contributed by atoms with Crippen LogP contribution < -0.4 is 15.5 Å². The zero-order valence-electron chi connectivity index (χ0n) is 25.5. The van der Waals surface area contributed by atoms with Gasteiger partial charge in [-0.05, 0) is 66.6 Å². The zero-order chi connectivity index (χ0) is 30.8. The summed E-state index contributed by atoms with van der Waals surface area (Å²) in [5.74, 6) is 1.66. The van der Waals surface area contributed by atoms with Gasteiger partial charge in [0.15, 0.2) is 0 Å². The van der Waals surface area contributed by atoms with E-state index in [9.17, 15) is 14.7 Å². The number of benzene rings is 2. The Hall–Kier alpha value is -4.51. The van der Waals surface area contributed by atoms with Crippen molar-refractivity contribution in [2.24, 2.45) is 5.92 Å². The molecule has 2 aromatic carbocycles. The molecule has 4 aromatic rings. The van der Waals surface area contributed by atoms with Crippen molar-refractivity contribution in [2.75, 3.05) is 43.0 Å². The molecular formula is C33H40N8O3. The summed E-state index contributed by atoms with van der Waals surface area (Å²) in [4.78, 5) is 43.8. The van der Waals surface area contributed by atoms with E-state index in [4.69, 9.17) is 9.97 Å². The molecule has 2 aliphatic rings. The number of piperidine rings is 1. The molecule has 11 heteroatoms. The van der Waals surface area contributed by atoms with Crippen LogP contribution in [0, 0.1) is 5.92 Å². The van der Waals surface area contributed by atoms with E-state index < -0.39 is 0 Å². The average Bonchev–Trinajstić information content (AvgIpc) is 3.71. The van der Waals surface area contributed by atoms with Gasteiger partial charge in [0.1, 0.15) is 0 Å². The Morgan fingerprint density at radius 2 is 1.70 bits per heavy atom. The van der Waals surface area contributed by atoms with E-state index >= 15 is 0 Å². The maximum Gasteiger partial charge on any atom is 0.253 e. The van der Waals surface area contributed by atoms with Gasteiger partial charge in [-0.15, -0.1) is 0 Å². The van der Waals surface area contributed by atoms with Crippen LogP contribution in [-0.4, -0.2) is 80.0 Å². The Labute approximate surface area is 257 Å². The zero-order valence-corrected chi connectivity index (χ0v) is 25.5. The molecule has 6 rings (SSSR count). The van der Waals surface area contributed by atoms with Crippen LogP contribution in [0.5, 0.6) is 0 Å². The fourth-order valence-corrected chi connectivity index (χ4v) is 5.88. The summed E-state index contributed by atoms with van der Waals surface area (Å²) in [6, 6.07) is 15.1. The minimum atomic E-state index is -0.0795. The van der Waals surface area contributed by atoms with Crippen LogP contribution >= 0.6 is 0 Å². The SMILES string of the molecule is CC(C)(C)c1ccc(C(=O)NC2CCCN(c3nc(Nc4ccc(C(=O)N5CCC(CO)C5)cc4)n4ccnc4n3)C2)cc1. The van der Waals surface area contributed by atoms with Gasteiger partial charge in [0.05, 0.1) is 0 Å². The third-order valence-electron chi connectivity index (χ3n) is 8.53. The number of rotatable bonds is 7. The van der Waals surface area contributed by atoms with E-state index in [1.807, 2.05) is 36.4 Å². The number of anilines is 3. The molecule has 2 aliphatic heterocycles. The van der Waals surface area contributed by atoms with Gasteiger partial charge in [0.25, 0.3) is 11.8 Å². The molecule has 2 fully saturated rings. The highest BCUT2D eigenvalue weighted by Gasteiger charge is 2.27. The Bertz CT molecular complexity index is 1630. The van der Waals surface area contributed by atoms with Gasteiger partial charge >= 0.3 is 0 Å². The molecule has 0 spiro atoms. The lowest BCUT2D eigenvalue weighted by Gasteiger charge is -2.33. The monoisotopic (exact) mass is 596 g/mol. The van der Waals surface area contributed by atoms with Crippen LogP contribution in [0.2, 0.25) is 0 Å². The van der Waals surface area contributed by atoms with Crippen molar-refractivity contribution in [3.8, 4) is 0 Å². The topological polar surface area (TPSA) is 128 Å². The number of nitrogens with zero attached hydrogens (tertiary/aromatic N) is 6. The smallest absolute Gasteiger partial charge is 0.253 e. The number of hydrogen-bond donors (Lipinski definition) is 3. The summed E-state index contributed by atoms with van der Waals surface area (Å²) in [6.07, 6.45) is 6.08. The molecule has 2 aromatic heterocycles. The molecule has 3 N–H and O–H groups in total. The minimum Gasteiger partial charge on any atom is -0.396 e. The lowest BCUT2D eigenvalue weighted by Crippen LogP contribution is -2.48. The van der Waals surface area contributed by atoms with Gasteiger partial charge in [-0.3, -0.25) is 14.0 Å². The second-order valence-corrected chi connectivity index (χ2v) is 12.8. The molecular weight excluding hydrogens is 556 g/mol. The van der Waals surface area contributed by atoms with Crippen LogP contribution in [0.4, 0.5) is 17.6 Å². The first-order valence-electron chi connectivity index (χ1n) is 15.3. The highest BCUT2D eigenvalue weighted by Crippen LogP contribution is 2.25. The summed E-state index contributed by atoms with van der Waals surface area (Å²) in [5.41, 5.74) is 3.26. The molecule has 0 aliphatic carbocycles. The lowest BCUT2D eigenvalue weighted by molar-refractivity contribution is 0.0781. The molecule has 2 saturated heterocycles. The number of fused-ring (bicyclic) bond motifs is 1. The Morgan fingerprint density at radius 3 is 2.41 bits per heavy atom. The third kappa shape index (κ3) is 6.37. The number of hydrogen-bond acceptors (Lipinski definition) is 8. The van der Waals surface area contributed by atoms with Gasteiger partial charge in [-0.2, -0.15) is 9.97 Å². The fourth-order valence-electron chi connectivity index (χ4n) is 5.88. The normalized spacial score (nSPS) is 18.9. The highest BCUT2D eigenvalue weighted by atomic mass is 16.3. The first-order valence-corrected chi connectivity index (χ1v) is 15.3. The summed E-state index contributed by atoms with van der Waals surface area (Å²) in [7, 11) is 0. The predicted octanol–water partition coefficient (Wildman–Crippen LogP) is 4.02. The second kappa shape index (κ2) is 12.2. The quantitative estimate of drug-likeness (QED) is 0.292. The van der Waals surface area contributed by atoms with Crippen molar-refractivity contribution in [2.45, 2.75) is 51.5 Å². The third-order valence-corrected chi connectivity index (χ3v) is 8.53. The van der Waals surface area contributed by atoms with E-state index in [-0.39, 0.29) is 35.8 Å². The molecule has 0 radical (unpaired) electrons. The maximum atomic E-state index is 13.1. The van der Waals surface area contributed by atoms with Gasteiger partial charge in [0.2, 0.25) is 17.7 Å². The van der Waals surface area contributed by atoms with E-state index in [0.29, 0.717) is 48.4 Å². The number of nitrogens with one attached hydrogen (secondary N) is 2. The van der Waals surface area contributed by atoms with Crippen molar-refractivity contribution in [1.29, 1.82) is 0 Å². The van der Waals surface area contributed by atoms with E-state index in [1.165, 1.54) is 5.56 Å². The predicted molar refractivity (Wildman–Crippen MR) is 169 cm³/mol. The molecule has 44 heavy (non-hydrogen) atoms. The van der Waals surface area contributed by atoms with Crippen molar-refractivity contribution in [3.05, 3.63) is 77.6 Å². The molecule has 2 atom stereocenters. The van der Waals surface area contributed by atoms with Crippen LogP contribution in [0.15, 0.2) is 60.9 Å². The number of aromatic nitrogens is 4. The van der Waals surface area contributed by atoms with Gasteiger partial charge < -0.3 is 25.5 Å². The first kappa shape index (κ1) is 29.6. The fraction of sp³-hybridized carbons (Fsp3) is 0.424.